The van der Waals surface area contributed by atoms with Gasteiger partial charge in [-0.15, -0.1) is 22.9 Å². The molecule has 0 saturated carbocycles. The van der Waals surface area contributed by atoms with Gasteiger partial charge in [-0.1, -0.05) is 72.7 Å². The van der Waals surface area contributed by atoms with E-state index in [0.717, 1.165) is 0 Å². The molecule has 0 aliphatic carbocycles. The number of aromatic carboxylic acids is 4. The number of hydrogen-bond donors (Lipinski definition) is 4. The Labute approximate surface area is 357 Å². The molecule has 8 bridgehead atoms. The Morgan fingerprint density at radius 3 is 1.05 bits per heavy atom. The summed E-state index contributed by atoms with van der Waals surface area (Å²) in [4.78, 5) is 62.8. The number of carboxylic acids is 4. The molecule has 4 N–H and O–H groups in total. The molecule has 2 unspecified atom stereocenters. The van der Waals surface area contributed by atoms with Crippen molar-refractivity contribution >= 4 is 57.6 Å². The molecule has 0 amide bonds. The molecule has 4 aliphatic heterocycles. The first-order valence-corrected chi connectivity index (χ1v) is 18.7. The zero-order valence-electron chi connectivity index (χ0n) is 31.6. The van der Waals surface area contributed by atoms with Gasteiger partial charge in [-0.3, -0.25) is 0 Å². The van der Waals surface area contributed by atoms with E-state index >= 15 is 0 Å². The van der Waals surface area contributed by atoms with Gasteiger partial charge >= 0.3 is 40.9 Å². The minimum absolute atomic E-state index is 0. The Hall–Kier alpha value is -7.70. The van der Waals surface area contributed by atoms with Gasteiger partial charge in [-0.2, -0.15) is 0 Å². The molecule has 2 atom stereocenters. The second kappa shape index (κ2) is 16.2. The molecule has 13 heteroatoms. The van der Waals surface area contributed by atoms with Crippen molar-refractivity contribution in [1.29, 1.82) is 0 Å². The van der Waals surface area contributed by atoms with Crippen LogP contribution in [0.1, 0.15) is 63.7 Å². The fourth-order valence-corrected chi connectivity index (χ4v) is 7.71. The van der Waals surface area contributed by atoms with Crippen LogP contribution in [0.5, 0.6) is 0 Å². The number of rotatable bonds is 8. The second-order valence-electron chi connectivity index (χ2n) is 14.2. The van der Waals surface area contributed by atoms with E-state index in [4.69, 9.17) is 20.3 Å². The average molecular weight is 846 g/mol. The number of benzene rings is 4. The Balaban J connectivity index is 0.00000514. The predicted molar refractivity (Wildman–Crippen MR) is 225 cm³/mol. The molecule has 0 saturated heterocycles. The van der Waals surface area contributed by atoms with Crippen molar-refractivity contribution in [2.75, 3.05) is 0 Å². The SMILES string of the molecule is O=C(O)c1ccc(/C2=C3\C=CC(=N3)/C(c3ccc(C(=O)O)cc3)=c3/cc/c([n-]3)=C(\c3ccc(C(=O)O)cc3)C3=N/C(=C(/c4ccc(C(=O)O)cc4)C4C=CC2[N-]4)C=C3)cc1.[Mn+3]. The first kappa shape index (κ1) is 40.1. The fraction of sp³-hybridized carbons (Fsp3) is 0.0417. The van der Waals surface area contributed by atoms with Crippen LogP contribution in [0.4, 0.5) is 0 Å². The molecular formula is C48H30MnN4O8+. The Morgan fingerprint density at radius 1 is 0.426 bits per heavy atom. The van der Waals surface area contributed by atoms with Crippen LogP contribution < -0.4 is 15.7 Å². The van der Waals surface area contributed by atoms with Crippen LogP contribution in [0.25, 0.3) is 27.6 Å². The Bertz CT molecular complexity index is 2840. The van der Waals surface area contributed by atoms with E-state index in [1.165, 1.54) is 48.5 Å². The van der Waals surface area contributed by atoms with Crippen LogP contribution in [-0.4, -0.2) is 67.8 Å². The summed E-state index contributed by atoms with van der Waals surface area (Å²) in [6, 6.07) is 28.4. The molecule has 296 valence electrons. The summed E-state index contributed by atoms with van der Waals surface area (Å²) in [5.41, 5.74) is 8.00. The van der Waals surface area contributed by atoms with Crippen LogP contribution in [-0.2, 0) is 17.1 Å². The zero-order chi connectivity index (χ0) is 41.7. The minimum atomic E-state index is -1.07. The maximum absolute atomic E-state index is 11.8. The average Bonchev–Trinajstić information content (AvgIpc) is 4.10. The number of nitrogens with zero attached hydrogens (tertiary/aromatic N) is 4. The van der Waals surface area contributed by atoms with Crippen LogP contribution in [0.15, 0.2) is 167 Å². The standard InChI is InChI=1S/C48H31N4O8.Mn/c53-45(54)29-9-1-25(2-10-29)41-33-17-19-35(49-33)42(26-3-11-30(12-4-26)46(55)56)37-21-23-39(51-37)44(28-7-15-32(16-8-28)48(59)60)40-24-22-38(52-40)43(36-20-18-34(41)50-36)27-5-13-31(14-6-27)47(57)58;/h1-24,33,35H,(H5,50,51,52,53,54,55,56,57,58,59,60);/q-1;+3/p-1/b41-34-,42-37-;. The number of carbonyl (C=O) groups is 4. The molecule has 0 radical (unpaired) electrons. The monoisotopic (exact) mass is 845 g/mol. The van der Waals surface area contributed by atoms with Gasteiger partial charge in [0.2, 0.25) is 0 Å². The van der Waals surface area contributed by atoms with E-state index in [1.54, 1.807) is 48.5 Å². The Kier molecular flexibility index (Phi) is 10.6. The van der Waals surface area contributed by atoms with Gasteiger partial charge in [0.15, 0.2) is 0 Å². The summed E-state index contributed by atoms with van der Waals surface area (Å²) < 4.78 is 0. The largest absolute Gasteiger partial charge is 3.00 e. The van der Waals surface area contributed by atoms with E-state index < -0.39 is 36.0 Å². The van der Waals surface area contributed by atoms with E-state index in [-0.39, 0.29) is 39.3 Å². The molecular weight excluding hydrogens is 815 g/mol. The van der Waals surface area contributed by atoms with Crippen molar-refractivity contribution in [3.8, 4) is 0 Å². The summed E-state index contributed by atoms with van der Waals surface area (Å²) in [7, 11) is 0. The van der Waals surface area contributed by atoms with E-state index in [2.05, 4.69) is 0 Å². The van der Waals surface area contributed by atoms with Crippen molar-refractivity contribution in [2.45, 2.75) is 12.1 Å². The third-order valence-electron chi connectivity index (χ3n) is 10.6. The summed E-state index contributed by atoms with van der Waals surface area (Å²) >= 11 is 0. The molecule has 61 heavy (non-hydrogen) atoms. The zero-order valence-corrected chi connectivity index (χ0v) is 32.8. The van der Waals surface area contributed by atoms with E-state index in [9.17, 15) is 39.6 Å². The number of allylic oxidation sites excluding steroid dienone is 4. The van der Waals surface area contributed by atoms with Gasteiger partial charge in [0, 0.05) is 0 Å². The smallest absolute Gasteiger partial charge is 0.657 e. The molecule has 0 fully saturated rings. The molecule has 5 aromatic rings. The third-order valence-corrected chi connectivity index (χ3v) is 10.6. The quantitative estimate of drug-likeness (QED) is 0.101. The van der Waals surface area contributed by atoms with Gasteiger partial charge in [0.1, 0.15) is 0 Å². The minimum Gasteiger partial charge on any atom is -0.657 e. The number of aromatic nitrogens is 1. The van der Waals surface area contributed by atoms with Crippen molar-refractivity contribution in [3.05, 3.63) is 218 Å². The van der Waals surface area contributed by atoms with Crippen molar-refractivity contribution in [2.24, 2.45) is 9.98 Å². The molecule has 1 aromatic heterocycles. The predicted octanol–water partition coefficient (Wildman–Crippen LogP) is 6.37. The molecule has 9 rings (SSSR count). The topological polar surface area (TPSA) is 202 Å². The van der Waals surface area contributed by atoms with Crippen LogP contribution in [0, 0.1) is 0 Å². The number of hydrogen-bond acceptors (Lipinski definition) is 6. The van der Waals surface area contributed by atoms with Gasteiger partial charge in [-0.25, -0.2) is 29.2 Å². The van der Waals surface area contributed by atoms with Crippen molar-refractivity contribution in [1.82, 2.24) is 4.98 Å². The maximum atomic E-state index is 11.8. The molecule has 12 nitrogen and oxygen atoms in total. The summed E-state index contributed by atoms with van der Waals surface area (Å²) in [5, 5.41) is 45.1. The molecule has 4 aliphatic rings. The van der Waals surface area contributed by atoms with Gasteiger partial charge in [0.05, 0.1) is 45.1 Å². The maximum Gasteiger partial charge on any atom is 3.00 e. The van der Waals surface area contributed by atoms with Crippen molar-refractivity contribution < 1.29 is 56.7 Å². The number of fused-ring (bicyclic) bond motifs is 6. The summed E-state index contributed by atoms with van der Waals surface area (Å²) in [5.74, 6) is -4.27. The van der Waals surface area contributed by atoms with Gasteiger partial charge < -0.3 is 30.7 Å². The van der Waals surface area contributed by atoms with Crippen LogP contribution in [0.3, 0.4) is 0 Å². The second-order valence-corrected chi connectivity index (χ2v) is 14.2. The number of carboxylic acid groups (broad SMARTS) is 4. The number of aliphatic imine (C=N–C) groups is 2. The normalized spacial score (nSPS) is 21.8. The fourth-order valence-electron chi connectivity index (χ4n) is 7.71. The van der Waals surface area contributed by atoms with Crippen molar-refractivity contribution in [3.63, 3.8) is 0 Å². The first-order valence-electron chi connectivity index (χ1n) is 18.7. The molecule has 5 heterocycles. The third kappa shape index (κ3) is 7.56. The van der Waals surface area contributed by atoms with E-state index in [0.29, 0.717) is 78.1 Å². The van der Waals surface area contributed by atoms with Gasteiger partial charge in [-0.05, 0) is 117 Å². The van der Waals surface area contributed by atoms with Crippen LogP contribution in [0.2, 0.25) is 0 Å². The summed E-state index contributed by atoms with van der Waals surface area (Å²) in [6.07, 6.45) is 11.3. The van der Waals surface area contributed by atoms with E-state index in [1.807, 2.05) is 48.6 Å². The first-order chi connectivity index (χ1) is 29.0. The molecule has 4 aromatic carbocycles. The molecule has 0 spiro atoms. The summed E-state index contributed by atoms with van der Waals surface area (Å²) in [6.45, 7) is 0. The van der Waals surface area contributed by atoms with Gasteiger partial charge in [0.25, 0.3) is 0 Å². The van der Waals surface area contributed by atoms with Crippen LogP contribution >= 0.6 is 0 Å². The Morgan fingerprint density at radius 2 is 0.738 bits per heavy atom.